The number of nitrogens with zero attached hydrogens (tertiary/aromatic N) is 2. The van der Waals surface area contributed by atoms with Crippen molar-refractivity contribution in [3.05, 3.63) is 144 Å². The van der Waals surface area contributed by atoms with Crippen molar-refractivity contribution >= 4 is 22.7 Å². The van der Waals surface area contributed by atoms with Crippen molar-refractivity contribution in [1.82, 2.24) is 19.9 Å². The van der Waals surface area contributed by atoms with Gasteiger partial charge in [0.05, 0.1) is 32.5 Å². The van der Waals surface area contributed by atoms with Crippen LogP contribution in [0.5, 0.6) is 11.5 Å². The summed E-state index contributed by atoms with van der Waals surface area (Å²) in [4.78, 5) is 19.3. The van der Waals surface area contributed by atoms with E-state index in [1.165, 1.54) is 0 Å². The summed E-state index contributed by atoms with van der Waals surface area (Å²) in [7, 11) is 0. The van der Waals surface area contributed by atoms with Crippen molar-refractivity contribution in [2.75, 3.05) is 0 Å². The van der Waals surface area contributed by atoms with Crippen LogP contribution < -0.4 is 4.74 Å². The molecule has 0 amide bonds. The smallest absolute Gasteiger partial charge is 0.148 e. The highest BCUT2D eigenvalue weighted by Crippen LogP contribution is 2.37. The Labute approximate surface area is 268 Å². The van der Waals surface area contributed by atoms with Gasteiger partial charge in [0.15, 0.2) is 0 Å². The molecule has 4 aromatic heterocycles. The fourth-order valence-electron chi connectivity index (χ4n) is 5.35. The number of rotatable bonds is 8. The normalized spacial score (nSPS) is 11.1. The molecule has 0 bridgehead atoms. The maximum atomic E-state index is 6.27. The van der Waals surface area contributed by atoms with Crippen molar-refractivity contribution < 1.29 is 4.74 Å². The van der Waals surface area contributed by atoms with Crippen molar-refractivity contribution in [3.63, 3.8) is 0 Å². The molecule has 0 fully saturated rings. The number of benzene rings is 4. The van der Waals surface area contributed by atoms with Crippen molar-refractivity contribution in [1.29, 1.82) is 0 Å². The SMILES string of the molecule is c1ccc(-c2nc(-c3cccs3)[nH]c2-c2ccc(Oc3ccc(-c4[nH]c(-c5cccs5)nc4-c4ccccc4)cc3)cc2)cc1. The molecule has 0 spiro atoms. The van der Waals surface area contributed by atoms with Gasteiger partial charge < -0.3 is 14.7 Å². The van der Waals surface area contributed by atoms with Gasteiger partial charge in [-0.2, -0.15) is 0 Å². The minimum absolute atomic E-state index is 0.761. The van der Waals surface area contributed by atoms with E-state index in [4.69, 9.17) is 14.7 Å². The summed E-state index contributed by atoms with van der Waals surface area (Å²) >= 11 is 3.35. The molecule has 0 saturated heterocycles. The summed E-state index contributed by atoms with van der Waals surface area (Å²) in [5, 5.41) is 4.13. The van der Waals surface area contributed by atoms with E-state index in [9.17, 15) is 0 Å². The number of aromatic amines is 2. The van der Waals surface area contributed by atoms with Gasteiger partial charge in [-0.15, -0.1) is 22.7 Å². The van der Waals surface area contributed by atoms with Crippen LogP contribution in [0.4, 0.5) is 0 Å². The van der Waals surface area contributed by atoms with E-state index in [1.54, 1.807) is 22.7 Å². The van der Waals surface area contributed by atoms with Crippen LogP contribution in [0.1, 0.15) is 0 Å². The molecule has 0 aliphatic heterocycles. The molecule has 0 radical (unpaired) electrons. The fourth-order valence-corrected chi connectivity index (χ4v) is 6.69. The van der Waals surface area contributed by atoms with Crippen LogP contribution in [0.15, 0.2) is 144 Å². The Morgan fingerprint density at radius 2 is 0.844 bits per heavy atom. The average molecular weight is 619 g/mol. The number of hydrogen-bond donors (Lipinski definition) is 2. The largest absolute Gasteiger partial charge is 0.457 e. The third-order valence-corrected chi connectivity index (χ3v) is 9.29. The predicted molar refractivity (Wildman–Crippen MR) is 186 cm³/mol. The van der Waals surface area contributed by atoms with Gasteiger partial charge in [-0.25, -0.2) is 9.97 Å². The predicted octanol–water partition coefficient (Wildman–Crippen LogP) is 11.1. The highest BCUT2D eigenvalue weighted by atomic mass is 32.1. The first-order valence-electron chi connectivity index (χ1n) is 14.6. The summed E-state index contributed by atoms with van der Waals surface area (Å²) in [5.41, 5.74) is 8.05. The van der Waals surface area contributed by atoms with Crippen LogP contribution in [0.25, 0.3) is 66.4 Å². The zero-order valence-electron chi connectivity index (χ0n) is 24.0. The Hall–Kier alpha value is -5.50. The lowest BCUT2D eigenvalue weighted by atomic mass is 10.0. The zero-order valence-corrected chi connectivity index (χ0v) is 25.6. The minimum atomic E-state index is 0.761. The van der Waals surface area contributed by atoms with Crippen molar-refractivity contribution in [2.45, 2.75) is 0 Å². The highest BCUT2D eigenvalue weighted by molar-refractivity contribution is 7.13. The first kappa shape index (κ1) is 27.1. The Morgan fingerprint density at radius 3 is 1.22 bits per heavy atom. The maximum Gasteiger partial charge on any atom is 0.148 e. The molecule has 8 aromatic rings. The molecule has 4 heterocycles. The number of aromatic nitrogens is 4. The first-order valence-corrected chi connectivity index (χ1v) is 16.3. The van der Waals surface area contributed by atoms with Crippen LogP contribution in [0.3, 0.4) is 0 Å². The number of nitrogens with one attached hydrogen (secondary N) is 2. The molecular weight excluding hydrogens is 593 g/mol. The third-order valence-electron chi connectivity index (χ3n) is 7.53. The molecule has 0 aliphatic rings. The molecule has 2 N–H and O–H groups in total. The Balaban J connectivity index is 1.06. The van der Waals surface area contributed by atoms with Crippen molar-refractivity contribution in [3.8, 4) is 77.9 Å². The van der Waals surface area contributed by atoms with Gasteiger partial charge in [0, 0.05) is 22.3 Å². The molecule has 0 saturated carbocycles. The molecule has 4 aromatic carbocycles. The van der Waals surface area contributed by atoms with Gasteiger partial charge in [-0.05, 0) is 71.4 Å². The second-order valence-corrected chi connectivity index (χ2v) is 12.4. The van der Waals surface area contributed by atoms with Crippen LogP contribution in [0, 0.1) is 0 Å². The molecule has 0 aliphatic carbocycles. The summed E-state index contributed by atoms with van der Waals surface area (Å²) in [6.07, 6.45) is 0. The van der Waals surface area contributed by atoms with Crippen LogP contribution in [0.2, 0.25) is 0 Å². The number of imidazole rings is 2. The molecule has 8 rings (SSSR count). The minimum Gasteiger partial charge on any atom is -0.457 e. The Bertz CT molecular complexity index is 1990. The topological polar surface area (TPSA) is 66.6 Å². The average Bonchev–Trinajstić information content (AvgIpc) is 3.93. The van der Waals surface area contributed by atoms with Gasteiger partial charge in [0.2, 0.25) is 0 Å². The van der Waals surface area contributed by atoms with E-state index in [-0.39, 0.29) is 0 Å². The molecule has 0 unspecified atom stereocenters. The van der Waals surface area contributed by atoms with E-state index in [0.717, 1.165) is 77.9 Å². The maximum absolute atomic E-state index is 6.27. The number of thiophene rings is 2. The zero-order chi connectivity index (χ0) is 30.0. The van der Waals surface area contributed by atoms with Gasteiger partial charge in [0.25, 0.3) is 0 Å². The van der Waals surface area contributed by atoms with Crippen LogP contribution in [-0.4, -0.2) is 19.9 Å². The second-order valence-electron chi connectivity index (χ2n) is 10.5. The lowest BCUT2D eigenvalue weighted by Crippen LogP contribution is -1.88. The molecule has 7 heteroatoms. The summed E-state index contributed by atoms with van der Waals surface area (Å²) in [5.74, 6) is 3.26. The molecular formula is C38H26N4OS2. The molecule has 45 heavy (non-hydrogen) atoms. The van der Waals surface area contributed by atoms with E-state index < -0.39 is 0 Å². The van der Waals surface area contributed by atoms with E-state index in [2.05, 4.69) is 81.4 Å². The molecule has 5 nitrogen and oxygen atoms in total. The number of ether oxygens (including phenoxy) is 1. The summed E-state index contributed by atoms with van der Waals surface area (Å²) < 4.78 is 6.27. The standard InChI is InChI=1S/C38H26N4OS2/c1-3-9-25(10-4-1)33-35(41-37(39-33)31-13-7-23-44-31)27-15-19-29(20-16-27)43-30-21-17-28(18-22-30)36-34(26-11-5-2-6-12-26)40-38(42-36)32-14-8-24-45-32/h1-24H,(H,39,41)(H,40,42). The van der Waals surface area contributed by atoms with E-state index in [1.807, 2.05) is 72.8 Å². The molecule has 0 atom stereocenters. The Kier molecular flexibility index (Phi) is 7.15. The summed E-state index contributed by atoms with van der Waals surface area (Å²) in [6.45, 7) is 0. The van der Waals surface area contributed by atoms with Gasteiger partial charge in [-0.1, -0.05) is 72.8 Å². The fraction of sp³-hybridized carbons (Fsp3) is 0. The van der Waals surface area contributed by atoms with Gasteiger partial charge >= 0.3 is 0 Å². The van der Waals surface area contributed by atoms with Gasteiger partial charge in [-0.3, -0.25) is 0 Å². The van der Waals surface area contributed by atoms with E-state index >= 15 is 0 Å². The van der Waals surface area contributed by atoms with Crippen molar-refractivity contribution in [2.24, 2.45) is 0 Å². The monoisotopic (exact) mass is 618 g/mol. The third kappa shape index (κ3) is 5.51. The second kappa shape index (κ2) is 11.9. The number of H-pyrrole nitrogens is 2. The number of hydrogen-bond acceptors (Lipinski definition) is 5. The lowest BCUT2D eigenvalue weighted by Gasteiger charge is -2.09. The van der Waals surface area contributed by atoms with E-state index in [0.29, 0.717) is 0 Å². The van der Waals surface area contributed by atoms with Gasteiger partial charge in [0.1, 0.15) is 23.1 Å². The van der Waals surface area contributed by atoms with Crippen LogP contribution in [-0.2, 0) is 0 Å². The lowest BCUT2D eigenvalue weighted by molar-refractivity contribution is 0.483. The highest BCUT2D eigenvalue weighted by Gasteiger charge is 2.17. The molecule has 216 valence electrons. The summed E-state index contributed by atoms with van der Waals surface area (Å²) in [6, 6.07) is 45.1. The van der Waals surface area contributed by atoms with Crippen LogP contribution >= 0.6 is 22.7 Å². The first-order chi connectivity index (χ1) is 22.3. The quantitative estimate of drug-likeness (QED) is 0.178. The Morgan fingerprint density at radius 1 is 0.422 bits per heavy atom.